The van der Waals surface area contributed by atoms with Gasteiger partial charge < -0.3 is 20.1 Å². The Bertz CT molecular complexity index is 954. The third kappa shape index (κ3) is 7.44. The first kappa shape index (κ1) is 32.2. The van der Waals surface area contributed by atoms with Crippen molar-refractivity contribution in [3.8, 4) is 0 Å². The number of hydrogen-bond acceptors (Lipinski definition) is 4. The van der Waals surface area contributed by atoms with Crippen LogP contribution in [0.1, 0.15) is 126 Å². The van der Waals surface area contributed by atoms with Crippen molar-refractivity contribution in [3.05, 3.63) is 11.6 Å². The zero-order valence-corrected chi connectivity index (χ0v) is 27.4. The van der Waals surface area contributed by atoms with Gasteiger partial charge in [0.25, 0.3) is 0 Å². The second kappa shape index (κ2) is 12.9. The van der Waals surface area contributed by atoms with Gasteiger partial charge in [0.15, 0.2) is 0 Å². The molecule has 0 spiro atoms. The molecule has 8 atom stereocenters. The molecule has 0 saturated heterocycles. The van der Waals surface area contributed by atoms with E-state index < -0.39 is 17.8 Å². The lowest BCUT2D eigenvalue weighted by molar-refractivity contribution is -0.0581. The topological polar surface area (TPSA) is 76.7 Å². The van der Waals surface area contributed by atoms with Gasteiger partial charge in [-0.25, -0.2) is 9.59 Å². The summed E-state index contributed by atoms with van der Waals surface area (Å²) in [5.41, 5.74) is 1.76. The highest BCUT2D eigenvalue weighted by Crippen LogP contribution is 2.67. The summed E-state index contributed by atoms with van der Waals surface area (Å²) in [6.45, 7) is 18.5. The Morgan fingerprint density at radius 2 is 1.66 bits per heavy atom. The third-order valence-corrected chi connectivity index (χ3v) is 11.6. The van der Waals surface area contributed by atoms with Gasteiger partial charge in [0, 0.05) is 19.5 Å². The first-order valence-electron chi connectivity index (χ1n) is 16.8. The molecule has 1 unspecified atom stereocenters. The summed E-state index contributed by atoms with van der Waals surface area (Å²) in [7, 11) is 0. The Labute approximate surface area is 250 Å². The molecule has 4 rings (SSSR count). The molecule has 4 aliphatic carbocycles. The van der Waals surface area contributed by atoms with Crippen molar-refractivity contribution in [2.75, 3.05) is 13.1 Å². The molecule has 0 bridgehead atoms. The molecular formula is C35H60N2O4. The number of amides is 2. The van der Waals surface area contributed by atoms with E-state index in [1.54, 1.807) is 0 Å². The van der Waals surface area contributed by atoms with Crippen LogP contribution in [0, 0.1) is 46.3 Å². The van der Waals surface area contributed by atoms with E-state index in [0.717, 1.165) is 54.8 Å². The normalized spacial score (nSPS) is 35.4. The molecule has 6 heteroatoms. The maximum Gasteiger partial charge on any atom is 0.407 e. The van der Waals surface area contributed by atoms with E-state index >= 15 is 0 Å². The average molecular weight is 573 g/mol. The fourth-order valence-corrected chi connectivity index (χ4v) is 9.59. The van der Waals surface area contributed by atoms with Crippen molar-refractivity contribution in [2.45, 2.75) is 138 Å². The predicted molar refractivity (Wildman–Crippen MR) is 166 cm³/mol. The number of carbonyl (C=O) groups is 2. The SMILES string of the molecule is CC(C)CCC[C@@H](C)[C@H]1CC[C@H]2[C@@H]3CC=C4C[C@@H](OC(=O)NCCNC(=O)OC(C)(C)C)CC[C@]4(C)C3CC[C@]12C. The molecule has 0 heterocycles. The van der Waals surface area contributed by atoms with Crippen LogP contribution in [-0.2, 0) is 9.47 Å². The van der Waals surface area contributed by atoms with E-state index in [1.807, 2.05) is 20.8 Å². The van der Waals surface area contributed by atoms with Crippen LogP contribution >= 0.6 is 0 Å². The lowest BCUT2D eigenvalue weighted by Gasteiger charge is -2.58. The molecule has 234 valence electrons. The van der Waals surface area contributed by atoms with E-state index in [2.05, 4.69) is 51.3 Å². The molecule has 0 aromatic heterocycles. The summed E-state index contributed by atoms with van der Waals surface area (Å²) in [6, 6.07) is 0. The highest BCUT2D eigenvalue weighted by atomic mass is 16.6. The zero-order chi connectivity index (χ0) is 30.0. The fraction of sp³-hybridized carbons (Fsp3) is 0.886. The Morgan fingerprint density at radius 3 is 2.34 bits per heavy atom. The molecule has 0 radical (unpaired) electrons. The number of ether oxygens (including phenoxy) is 2. The van der Waals surface area contributed by atoms with E-state index in [0.29, 0.717) is 18.5 Å². The standard InChI is InChI=1S/C35H60N2O4/c1-23(2)10-9-11-24(3)28-14-15-29-27-13-12-25-22-26(16-18-34(25,7)30(27)17-19-35(28,29)8)40-31(38)36-20-21-37-32(39)41-33(4,5)6/h12,23-24,26-30H,9-11,13-22H2,1-8H3,(H,36,38)(H,37,39)/t24-,26+,27+,28-,29+,30?,34+,35-/m1/s1. The number of carbonyl (C=O) groups excluding carboxylic acids is 2. The van der Waals surface area contributed by atoms with Crippen molar-refractivity contribution < 1.29 is 19.1 Å². The molecule has 0 aliphatic heterocycles. The predicted octanol–water partition coefficient (Wildman–Crippen LogP) is 8.65. The monoisotopic (exact) mass is 572 g/mol. The number of alkyl carbamates (subject to hydrolysis) is 2. The summed E-state index contributed by atoms with van der Waals surface area (Å²) in [5, 5.41) is 5.45. The highest BCUT2D eigenvalue weighted by Gasteiger charge is 2.59. The molecule has 41 heavy (non-hydrogen) atoms. The molecule has 2 amide bonds. The summed E-state index contributed by atoms with van der Waals surface area (Å²) in [6.07, 6.45) is 15.5. The zero-order valence-electron chi connectivity index (χ0n) is 27.4. The van der Waals surface area contributed by atoms with Gasteiger partial charge in [-0.3, -0.25) is 0 Å². The molecule has 0 aromatic carbocycles. The minimum atomic E-state index is -0.540. The van der Waals surface area contributed by atoms with Crippen LogP contribution in [-0.4, -0.2) is 37.0 Å². The van der Waals surface area contributed by atoms with E-state index in [-0.39, 0.29) is 11.5 Å². The Balaban J connectivity index is 1.28. The van der Waals surface area contributed by atoms with Crippen molar-refractivity contribution >= 4 is 12.2 Å². The second-order valence-corrected chi connectivity index (χ2v) is 15.9. The van der Waals surface area contributed by atoms with Crippen LogP contribution in [0.4, 0.5) is 9.59 Å². The molecule has 3 saturated carbocycles. The van der Waals surface area contributed by atoms with Gasteiger partial charge in [0.05, 0.1) is 0 Å². The van der Waals surface area contributed by atoms with E-state index in [4.69, 9.17) is 9.47 Å². The fourth-order valence-electron chi connectivity index (χ4n) is 9.59. The van der Waals surface area contributed by atoms with Crippen molar-refractivity contribution in [1.29, 1.82) is 0 Å². The molecular weight excluding hydrogens is 512 g/mol. The van der Waals surface area contributed by atoms with Crippen LogP contribution in [0.5, 0.6) is 0 Å². The van der Waals surface area contributed by atoms with Crippen molar-refractivity contribution in [2.24, 2.45) is 46.3 Å². The Hall–Kier alpha value is -1.72. The quantitative estimate of drug-likeness (QED) is 0.214. The molecule has 6 nitrogen and oxygen atoms in total. The van der Waals surface area contributed by atoms with Gasteiger partial charge >= 0.3 is 12.2 Å². The first-order chi connectivity index (χ1) is 19.2. The highest BCUT2D eigenvalue weighted by molar-refractivity contribution is 5.69. The van der Waals surface area contributed by atoms with Crippen LogP contribution in [0.15, 0.2) is 11.6 Å². The average Bonchev–Trinajstić information content (AvgIpc) is 3.23. The Kier molecular flexibility index (Phi) is 10.1. The van der Waals surface area contributed by atoms with Gasteiger partial charge in [0.2, 0.25) is 0 Å². The van der Waals surface area contributed by atoms with Gasteiger partial charge in [-0.2, -0.15) is 0 Å². The molecule has 3 fully saturated rings. The number of nitrogens with one attached hydrogen (secondary N) is 2. The number of hydrogen-bond donors (Lipinski definition) is 2. The lowest BCUT2D eigenvalue weighted by atomic mass is 9.47. The second-order valence-electron chi connectivity index (χ2n) is 15.9. The minimum Gasteiger partial charge on any atom is -0.446 e. The van der Waals surface area contributed by atoms with Crippen LogP contribution in [0.2, 0.25) is 0 Å². The molecule has 2 N–H and O–H groups in total. The molecule has 0 aromatic rings. The summed E-state index contributed by atoms with van der Waals surface area (Å²) in [4.78, 5) is 24.3. The van der Waals surface area contributed by atoms with Crippen molar-refractivity contribution in [3.63, 3.8) is 0 Å². The van der Waals surface area contributed by atoms with Gasteiger partial charge in [-0.05, 0) is 112 Å². The first-order valence-corrected chi connectivity index (χ1v) is 16.8. The van der Waals surface area contributed by atoms with Gasteiger partial charge in [0.1, 0.15) is 11.7 Å². The largest absolute Gasteiger partial charge is 0.446 e. The summed E-state index contributed by atoms with van der Waals surface area (Å²) >= 11 is 0. The van der Waals surface area contributed by atoms with Crippen molar-refractivity contribution in [1.82, 2.24) is 10.6 Å². The number of allylic oxidation sites excluding steroid dienone is 1. The number of rotatable bonds is 9. The maximum atomic E-state index is 12.5. The summed E-state index contributed by atoms with van der Waals surface area (Å²) in [5.74, 6) is 5.00. The van der Waals surface area contributed by atoms with Gasteiger partial charge in [-0.1, -0.05) is 65.5 Å². The van der Waals surface area contributed by atoms with Crippen LogP contribution < -0.4 is 10.6 Å². The Morgan fingerprint density at radius 1 is 0.951 bits per heavy atom. The smallest absolute Gasteiger partial charge is 0.407 e. The van der Waals surface area contributed by atoms with Crippen LogP contribution in [0.25, 0.3) is 0 Å². The third-order valence-electron chi connectivity index (χ3n) is 11.6. The van der Waals surface area contributed by atoms with E-state index in [1.165, 1.54) is 56.9 Å². The maximum absolute atomic E-state index is 12.5. The van der Waals surface area contributed by atoms with Gasteiger partial charge in [-0.15, -0.1) is 0 Å². The molecule has 4 aliphatic rings. The summed E-state index contributed by atoms with van der Waals surface area (Å²) < 4.78 is 11.1. The van der Waals surface area contributed by atoms with Crippen LogP contribution in [0.3, 0.4) is 0 Å². The minimum absolute atomic E-state index is 0.0684. The number of fused-ring (bicyclic) bond motifs is 5. The van der Waals surface area contributed by atoms with E-state index in [9.17, 15) is 9.59 Å². The lowest BCUT2D eigenvalue weighted by Crippen LogP contribution is -2.51.